The molecule has 17 nitrogen and oxygen atoms in total. The van der Waals surface area contributed by atoms with E-state index < -0.39 is 62.7 Å². The van der Waals surface area contributed by atoms with Gasteiger partial charge in [0, 0.05) is 74.1 Å². The summed E-state index contributed by atoms with van der Waals surface area (Å²) in [6.07, 6.45) is 0.201. The number of hydrogen-bond acceptors (Lipinski definition) is 12. The number of rotatable bonds is 11. The summed E-state index contributed by atoms with van der Waals surface area (Å²) in [5.74, 6) is 3.11. The Balaban J connectivity index is 0.800. The van der Waals surface area contributed by atoms with Crippen LogP contribution in [0.25, 0.3) is 11.3 Å². The molecule has 3 saturated heterocycles. The summed E-state index contributed by atoms with van der Waals surface area (Å²) >= 11 is 0. The molecule has 8 rings (SSSR count). The third kappa shape index (κ3) is 10.6. The molecular weight excluding hydrogens is 903 g/mol. The highest BCUT2D eigenvalue weighted by molar-refractivity contribution is 7.89. The number of anilines is 2. The molecule has 1 unspecified atom stereocenters. The molecule has 0 aliphatic carbocycles. The third-order valence-corrected chi connectivity index (χ3v) is 14.0. The van der Waals surface area contributed by atoms with E-state index in [9.17, 15) is 45.9 Å². The van der Waals surface area contributed by atoms with Crippen molar-refractivity contribution in [3.8, 4) is 23.1 Å². The topological polar surface area (TPSA) is 209 Å². The number of hydrogen-bond donors (Lipinski definition) is 3. The highest BCUT2D eigenvalue weighted by Gasteiger charge is 2.40. The lowest BCUT2D eigenvalue weighted by molar-refractivity contribution is -0.139. The van der Waals surface area contributed by atoms with Gasteiger partial charge in [0.1, 0.15) is 24.0 Å². The van der Waals surface area contributed by atoms with Crippen molar-refractivity contribution in [2.75, 3.05) is 38.1 Å². The quantitative estimate of drug-likeness (QED) is 0.110. The molecule has 0 bridgehead atoms. The number of alkyl halides is 3. The second-order valence-corrected chi connectivity index (χ2v) is 19.5. The van der Waals surface area contributed by atoms with Crippen LogP contribution in [0.15, 0.2) is 59.9 Å². The zero-order valence-electron chi connectivity index (χ0n) is 36.5. The Morgan fingerprint density at radius 2 is 1.75 bits per heavy atom. The minimum atomic E-state index is -4.84. The molecule has 0 saturated carbocycles. The molecule has 1 atom stereocenters. The lowest BCUT2D eigenvalue weighted by atomic mass is 9.95. The molecule has 3 fully saturated rings. The molecule has 4 aliphatic rings. The van der Waals surface area contributed by atoms with Crippen molar-refractivity contribution in [1.82, 2.24) is 39.2 Å². The number of nitrogens with zero attached hydrogens (tertiary/aromatic N) is 7. The summed E-state index contributed by atoms with van der Waals surface area (Å²) in [4.78, 5) is 61.0. The first-order valence-electron chi connectivity index (χ1n) is 21.7. The molecule has 67 heavy (non-hydrogen) atoms. The lowest BCUT2D eigenvalue weighted by Crippen LogP contribution is -2.52. The molecule has 2 aromatic heterocycles. The van der Waals surface area contributed by atoms with Gasteiger partial charge in [0.2, 0.25) is 33.7 Å². The molecule has 6 heterocycles. The van der Waals surface area contributed by atoms with E-state index in [-0.39, 0.29) is 98.4 Å². The molecule has 4 aliphatic heterocycles. The fraction of sp³-hybridized carbons (Fsp3) is 0.444. The van der Waals surface area contributed by atoms with Crippen LogP contribution in [0.1, 0.15) is 79.4 Å². The van der Waals surface area contributed by atoms with Crippen molar-refractivity contribution in [2.24, 2.45) is 5.92 Å². The third-order valence-electron chi connectivity index (χ3n) is 12.1. The van der Waals surface area contributed by atoms with Gasteiger partial charge in [-0.25, -0.2) is 22.8 Å². The molecule has 0 spiro atoms. The average molecular weight is 950 g/mol. The summed E-state index contributed by atoms with van der Waals surface area (Å²) in [5.41, 5.74) is -1.28. The Hall–Kier alpha value is -6.28. The van der Waals surface area contributed by atoms with Gasteiger partial charge in [-0.2, -0.15) is 22.6 Å². The van der Waals surface area contributed by atoms with Crippen molar-refractivity contribution in [3.63, 3.8) is 0 Å². The molecule has 354 valence electrons. The molecule has 3 N–H and O–H groups in total. The largest absolute Gasteiger partial charge is 0.419 e. The van der Waals surface area contributed by atoms with E-state index in [1.807, 2.05) is 6.07 Å². The zero-order valence-corrected chi connectivity index (χ0v) is 37.3. The van der Waals surface area contributed by atoms with Crippen molar-refractivity contribution >= 4 is 45.3 Å². The van der Waals surface area contributed by atoms with E-state index in [2.05, 4.69) is 37.5 Å². The van der Waals surface area contributed by atoms with Gasteiger partial charge < -0.3 is 25.0 Å². The first kappa shape index (κ1) is 47.2. The van der Waals surface area contributed by atoms with Crippen LogP contribution in [0.2, 0.25) is 0 Å². The highest BCUT2D eigenvalue weighted by atomic mass is 32.2. The standard InChI is InChI=1S/C45H47F4N9O8S/c1-44(2,63)26-56-24-30(22-51-56)39-34(45(47,48)49)23-50-43(54-39)52-36-8-6-32(21-35(36)46)67(64,65)57-17-11-28(12-18-57)41(61)55-15-13-31(14-16-55)66-19-3-4-27-5-7-33-29(20-27)25-58(42(33)62)37-9-10-38(59)53-40(37)60/h5-8,20-24,28,31,37,63H,9-19,25-26H2,1-2H3,(H,50,52,54)(H,53,59,60). The number of fused-ring (bicyclic) bond motifs is 1. The predicted molar refractivity (Wildman–Crippen MR) is 231 cm³/mol. The van der Waals surface area contributed by atoms with Crippen molar-refractivity contribution < 1.29 is 55.0 Å². The Labute approximate surface area is 382 Å². The maximum Gasteiger partial charge on any atom is 0.419 e. The van der Waals surface area contributed by atoms with Gasteiger partial charge in [0.05, 0.1) is 40.7 Å². The van der Waals surface area contributed by atoms with Gasteiger partial charge in [-0.3, -0.25) is 29.2 Å². The minimum Gasteiger partial charge on any atom is -0.389 e. The van der Waals surface area contributed by atoms with E-state index in [0.29, 0.717) is 43.3 Å². The van der Waals surface area contributed by atoms with Crippen molar-refractivity contribution in [3.05, 3.63) is 83.1 Å². The number of likely N-dealkylation sites (tertiary alicyclic amines) is 1. The Morgan fingerprint density at radius 1 is 1.00 bits per heavy atom. The van der Waals surface area contributed by atoms with Crippen LogP contribution in [0.3, 0.4) is 0 Å². The average Bonchev–Trinajstić information content (AvgIpc) is 3.87. The summed E-state index contributed by atoms with van der Waals surface area (Å²) in [7, 11) is -4.18. The number of sulfonamides is 1. The second-order valence-electron chi connectivity index (χ2n) is 17.5. The van der Waals surface area contributed by atoms with Gasteiger partial charge >= 0.3 is 6.18 Å². The molecular formula is C45H47F4N9O8S. The lowest BCUT2D eigenvalue weighted by Gasteiger charge is -2.36. The van der Waals surface area contributed by atoms with Gasteiger partial charge in [0.15, 0.2) is 0 Å². The summed E-state index contributed by atoms with van der Waals surface area (Å²) < 4.78 is 92.9. The monoisotopic (exact) mass is 949 g/mol. The molecule has 4 amide bonds. The van der Waals surface area contributed by atoms with Crippen molar-refractivity contribution in [1.29, 1.82) is 0 Å². The number of nitrogens with one attached hydrogen (secondary N) is 2. The molecule has 2 aromatic carbocycles. The highest BCUT2D eigenvalue weighted by Crippen LogP contribution is 2.37. The zero-order chi connectivity index (χ0) is 47.8. The van der Waals surface area contributed by atoms with Gasteiger partial charge in [0.25, 0.3) is 5.91 Å². The van der Waals surface area contributed by atoms with Gasteiger partial charge in [-0.15, -0.1) is 0 Å². The summed E-state index contributed by atoms with van der Waals surface area (Å²) in [6.45, 7) is 4.41. The number of amides is 4. The Bertz CT molecular complexity index is 2770. The maximum absolute atomic E-state index is 15.5. The summed E-state index contributed by atoms with van der Waals surface area (Å²) in [6, 6.07) is 7.63. The van der Waals surface area contributed by atoms with Crippen LogP contribution in [-0.2, 0) is 48.4 Å². The van der Waals surface area contributed by atoms with Crippen LogP contribution in [-0.4, -0.2) is 122 Å². The van der Waals surface area contributed by atoms with E-state index in [1.54, 1.807) is 17.0 Å². The molecule has 4 aromatic rings. The number of piperidine rings is 3. The van der Waals surface area contributed by atoms with Crippen LogP contribution in [0.4, 0.5) is 29.2 Å². The minimum absolute atomic E-state index is 0.0114. The van der Waals surface area contributed by atoms with Crippen molar-refractivity contribution in [2.45, 2.75) is 94.3 Å². The number of aromatic nitrogens is 4. The Kier molecular flexibility index (Phi) is 13.2. The van der Waals surface area contributed by atoms with Crippen LogP contribution in [0, 0.1) is 23.6 Å². The fourth-order valence-corrected chi connectivity index (χ4v) is 10.1. The Morgan fingerprint density at radius 3 is 2.43 bits per heavy atom. The maximum atomic E-state index is 15.5. The molecule has 22 heteroatoms. The van der Waals surface area contributed by atoms with Gasteiger partial charge in [-0.05, 0) is 87.9 Å². The fourth-order valence-electron chi connectivity index (χ4n) is 8.66. The first-order chi connectivity index (χ1) is 31.7. The van der Waals surface area contributed by atoms with E-state index in [0.717, 1.165) is 30.0 Å². The number of carbonyl (C=O) groups excluding carboxylic acids is 4. The number of benzene rings is 2. The smallest absolute Gasteiger partial charge is 0.389 e. The van der Waals surface area contributed by atoms with E-state index >= 15 is 4.39 Å². The van der Waals surface area contributed by atoms with Crippen LogP contribution in [0.5, 0.6) is 0 Å². The number of carbonyl (C=O) groups is 4. The van der Waals surface area contributed by atoms with Crippen LogP contribution >= 0.6 is 0 Å². The molecule has 0 radical (unpaired) electrons. The number of aliphatic hydroxyl groups is 1. The van der Waals surface area contributed by atoms with Crippen LogP contribution < -0.4 is 10.6 Å². The van der Waals surface area contributed by atoms with Gasteiger partial charge in [-0.1, -0.05) is 11.8 Å². The normalized spacial score (nSPS) is 19.0. The van der Waals surface area contributed by atoms with E-state index in [1.165, 1.54) is 33.9 Å². The predicted octanol–water partition coefficient (Wildman–Crippen LogP) is 4.23. The van der Waals surface area contributed by atoms with E-state index in [4.69, 9.17) is 4.74 Å². The first-order valence-corrected chi connectivity index (χ1v) is 23.1. The number of ether oxygens (including phenoxy) is 1. The number of imide groups is 1. The SMILES string of the molecule is CC(C)(O)Cn1cc(-c2nc(Nc3ccc(S(=O)(=O)N4CCC(C(=O)N5CCC(OCC#Cc6ccc7c(c6)CN(C6CCC(=O)NC6=O)C7=O)CC5)CC4)cc3F)ncc2C(F)(F)F)cn1. The number of halogens is 4. The summed E-state index contributed by atoms with van der Waals surface area (Å²) in [5, 5.41) is 18.9. The second kappa shape index (κ2) is 18.8.